The van der Waals surface area contributed by atoms with E-state index in [1.807, 2.05) is 30.3 Å². The summed E-state index contributed by atoms with van der Waals surface area (Å²) in [5.41, 5.74) is 6.77. The normalized spacial score (nSPS) is 10.2. The number of anilines is 2. The maximum atomic E-state index is 10.9. The maximum Gasteiger partial charge on any atom is 0.250 e. The summed E-state index contributed by atoms with van der Waals surface area (Å²) in [5, 5.41) is 6.58. The monoisotopic (exact) mass is 231 g/mol. The van der Waals surface area contributed by atoms with Crippen molar-refractivity contribution in [3.8, 4) is 0 Å². The highest BCUT2D eigenvalue weighted by molar-refractivity contribution is 5.86. The summed E-state index contributed by atoms with van der Waals surface area (Å²) in [6, 6.07) is 9.77. The van der Waals surface area contributed by atoms with Gasteiger partial charge in [-0.3, -0.25) is 10.1 Å². The van der Waals surface area contributed by atoms with E-state index in [1.165, 1.54) is 6.92 Å². The fourth-order valence-corrected chi connectivity index (χ4v) is 1.44. The molecule has 1 aromatic heterocycles. The molecule has 1 aromatic carbocycles. The van der Waals surface area contributed by atoms with E-state index < -0.39 is 0 Å². The lowest BCUT2D eigenvalue weighted by Gasteiger charge is -2.01. The van der Waals surface area contributed by atoms with Gasteiger partial charge in [0.2, 0.25) is 11.9 Å². The summed E-state index contributed by atoms with van der Waals surface area (Å²) in [6.45, 7) is 1.92. The third-order valence-electron chi connectivity index (χ3n) is 2.16. The van der Waals surface area contributed by atoms with Gasteiger partial charge >= 0.3 is 0 Å². The van der Waals surface area contributed by atoms with Crippen LogP contribution in [0.3, 0.4) is 0 Å². The third kappa shape index (κ3) is 2.81. The van der Waals surface area contributed by atoms with E-state index in [-0.39, 0.29) is 17.8 Å². The van der Waals surface area contributed by atoms with Gasteiger partial charge in [0.15, 0.2) is 0 Å². The predicted molar refractivity (Wildman–Crippen MR) is 64.3 cm³/mol. The van der Waals surface area contributed by atoms with E-state index >= 15 is 0 Å². The number of aromatic nitrogens is 3. The lowest BCUT2D eigenvalue weighted by Crippen LogP contribution is -2.08. The number of nitrogens with two attached hydrogens (primary N) is 1. The van der Waals surface area contributed by atoms with Crippen LogP contribution in [-0.2, 0) is 11.3 Å². The number of hydrogen-bond donors (Lipinski definition) is 2. The molecule has 0 aliphatic rings. The highest BCUT2D eigenvalue weighted by Gasteiger charge is 2.07. The molecule has 3 N–H and O–H groups in total. The van der Waals surface area contributed by atoms with E-state index in [0.717, 1.165) is 5.56 Å². The first kappa shape index (κ1) is 11.1. The molecule has 0 spiro atoms. The minimum Gasteiger partial charge on any atom is -0.368 e. The average molecular weight is 231 g/mol. The molecule has 0 aliphatic carbocycles. The molecule has 6 heteroatoms. The maximum absolute atomic E-state index is 10.9. The van der Waals surface area contributed by atoms with Gasteiger partial charge in [0, 0.05) is 6.92 Å². The molecule has 2 aromatic rings. The van der Waals surface area contributed by atoms with Crippen molar-refractivity contribution in [3.05, 3.63) is 35.9 Å². The van der Waals surface area contributed by atoms with Crippen LogP contribution in [0.25, 0.3) is 0 Å². The molecule has 17 heavy (non-hydrogen) atoms. The molecule has 0 bridgehead atoms. The van der Waals surface area contributed by atoms with Gasteiger partial charge in [0.1, 0.15) is 0 Å². The van der Waals surface area contributed by atoms with Crippen LogP contribution in [0.4, 0.5) is 11.9 Å². The van der Waals surface area contributed by atoms with Crippen LogP contribution in [0.1, 0.15) is 12.5 Å². The van der Waals surface area contributed by atoms with Crippen LogP contribution in [-0.4, -0.2) is 20.7 Å². The van der Waals surface area contributed by atoms with Crippen molar-refractivity contribution in [3.63, 3.8) is 0 Å². The van der Waals surface area contributed by atoms with Crippen molar-refractivity contribution >= 4 is 17.8 Å². The number of carbonyl (C=O) groups excluding carboxylic acids is 1. The summed E-state index contributed by atoms with van der Waals surface area (Å²) in [7, 11) is 0. The Labute approximate surface area is 98.5 Å². The Balaban J connectivity index is 2.16. The van der Waals surface area contributed by atoms with Crippen LogP contribution >= 0.6 is 0 Å². The second-order valence-corrected chi connectivity index (χ2v) is 3.62. The molecule has 0 radical (unpaired) electrons. The first-order valence-electron chi connectivity index (χ1n) is 5.17. The SMILES string of the molecule is CC(=O)Nc1nc(N)n(Cc2ccccc2)n1. The van der Waals surface area contributed by atoms with Crippen LogP contribution in [0.15, 0.2) is 30.3 Å². The van der Waals surface area contributed by atoms with Gasteiger partial charge in [0.25, 0.3) is 5.95 Å². The Hall–Kier alpha value is -2.37. The van der Waals surface area contributed by atoms with Crippen LogP contribution < -0.4 is 11.1 Å². The molecule has 0 unspecified atom stereocenters. The number of nitrogens with zero attached hydrogens (tertiary/aromatic N) is 3. The molecular weight excluding hydrogens is 218 g/mol. The van der Waals surface area contributed by atoms with Crippen molar-refractivity contribution in [2.24, 2.45) is 0 Å². The lowest BCUT2D eigenvalue weighted by atomic mass is 10.2. The molecule has 1 heterocycles. The second-order valence-electron chi connectivity index (χ2n) is 3.62. The standard InChI is InChI=1S/C11H13N5O/c1-8(17)13-11-14-10(12)16(15-11)7-9-5-3-2-4-6-9/h2-6H,7H2,1H3,(H3,12,13,14,15,17). The highest BCUT2D eigenvalue weighted by atomic mass is 16.1. The summed E-state index contributed by atoms with van der Waals surface area (Å²) < 4.78 is 1.54. The predicted octanol–water partition coefficient (Wildman–Crippen LogP) is 0.867. The minimum atomic E-state index is -0.220. The van der Waals surface area contributed by atoms with E-state index in [9.17, 15) is 4.79 Å². The smallest absolute Gasteiger partial charge is 0.250 e. The van der Waals surface area contributed by atoms with E-state index in [0.29, 0.717) is 6.54 Å². The number of nitrogen functional groups attached to an aromatic ring is 1. The zero-order valence-electron chi connectivity index (χ0n) is 9.42. The number of rotatable bonds is 3. The number of nitrogens with one attached hydrogen (secondary N) is 1. The zero-order valence-corrected chi connectivity index (χ0v) is 9.42. The van der Waals surface area contributed by atoms with Crippen molar-refractivity contribution in [1.82, 2.24) is 14.8 Å². The summed E-state index contributed by atoms with van der Waals surface area (Å²) in [6.07, 6.45) is 0. The van der Waals surface area contributed by atoms with Crippen molar-refractivity contribution in [1.29, 1.82) is 0 Å². The highest BCUT2D eigenvalue weighted by Crippen LogP contribution is 2.08. The number of benzene rings is 1. The number of carbonyl (C=O) groups is 1. The summed E-state index contributed by atoms with van der Waals surface area (Å²) in [4.78, 5) is 14.8. The fraction of sp³-hybridized carbons (Fsp3) is 0.182. The molecule has 0 fully saturated rings. The van der Waals surface area contributed by atoms with Crippen molar-refractivity contribution < 1.29 is 4.79 Å². The van der Waals surface area contributed by atoms with Gasteiger partial charge in [0.05, 0.1) is 6.54 Å². The fourth-order valence-electron chi connectivity index (χ4n) is 1.44. The summed E-state index contributed by atoms with van der Waals surface area (Å²) in [5.74, 6) is 0.283. The van der Waals surface area contributed by atoms with Crippen molar-refractivity contribution in [2.45, 2.75) is 13.5 Å². The summed E-state index contributed by atoms with van der Waals surface area (Å²) >= 11 is 0. The molecule has 0 aliphatic heterocycles. The molecule has 0 atom stereocenters. The van der Waals surface area contributed by atoms with Gasteiger partial charge in [-0.25, -0.2) is 4.68 Å². The lowest BCUT2D eigenvalue weighted by molar-refractivity contribution is -0.114. The topological polar surface area (TPSA) is 85.8 Å². The van der Waals surface area contributed by atoms with E-state index in [1.54, 1.807) is 4.68 Å². The van der Waals surface area contributed by atoms with E-state index in [2.05, 4.69) is 15.4 Å². The minimum absolute atomic E-state index is 0.220. The second kappa shape index (κ2) is 4.65. The Kier molecular flexibility index (Phi) is 3.04. The molecule has 88 valence electrons. The van der Waals surface area contributed by atoms with Gasteiger partial charge in [-0.15, -0.1) is 5.10 Å². The van der Waals surface area contributed by atoms with Gasteiger partial charge in [-0.1, -0.05) is 30.3 Å². The van der Waals surface area contributed by atoms with Gasteiger partial charge in [-0.2, -0.15) is 4.98 Å². The molecular formula is C11H13N5O. The largest absolute Gasteiger partial charge is 0.368 e. The van der Waals surface area contributed by atoms with Gasteiger partial charge in [-0.05, 0) is 5.56 Å². The average Bonchev–Trinajstić information content (AvgIpc) is 2.59. The molecule has 2 rings (SSSR count). The Morgan fingerprint density at radius 3 is 2.76 bits per heavy atom. The first-order chi connectivity index (χ1) is 8.15. The third-order valence-corrected chi connectivity index (χ3v) is 2.16. The number of amides is 1. The molecule has 6 nitrogen and oxygen atoms in total. The van der Waals surface area contributed by atoms with Crippen LogP contribution in [0, 0.1) is 0 Å². The van der Waals surface area contributed by atoms with Crippen LogP contribution in [0.5, 0.6) is 0 Å². The Morgan fingerprint density at radius 1 is 1.41 bits per heavy atom. The van der Waals surface area contributed by atoms with Crippen LogP contribution in [0.2, 0.25) is 0 Å². The first-order valence-corrected chi connectivity index (χ1v) is 5.17. The number of hydrogen-bond acceptors (Lipinski definition) is 4. The van der Waals surface area contributed by atoms with Gasteiger partial charge < -0.3 is 5.73 Å². The molecule has 1 amide bonds. The Morgan fingerprint density at radius 2 is 2.12 bits per heavy atom. The van der Waals surface area contributed by atoms with E-state index in [4.69, 9.17) is 5.73 Å². The zero-order chi connectivity index (χ0) is 12.3. The Bertz CT molecular complexity index is 520. The molecule has 0 saturated carbocycles. The van der Waals surface area contributed by atoms with Crippen molar-refractivity contribution in [2.75, 3.05) is 11.1 Å². The quantitative estimate of drug-likeness (QED) is 0.820. The molecule has 0 saturated heterocycles.